The van der Waals surface area contributed by atoms with Crippen molar-refractivity contribution in [2.24, 2.45) is 0 Å². The van der Waals surface area contributed by atoms with Gasteiger partial charge in [0.05, 0.1) is 12.0 Å². The Balaban J connectivity index is 2.29. The number of ether oxygens (including phenoxy) is 1. The molecule has 6 nitrogen and oxygen atoms in total. The molecule has 0 saturated carbocycles. The van der Waals surface area contributed by atoms with Gasteiger partial charge in [0.15, 0.2) is 0 Å². The van der Waals surface area contributed by atoms with Crippen LogP contribution in [-0.2, 0) is 16.0 Å². The number of carboxylic acid groups (broad SMARTS) is 1. The summed E-state index contributed by atoms with van der Waals surface area (Å²) in [5, 5.41) is 12.0. The number of aromatic nitrogens is 2. The molecule has 0 radical (unpaired) electrons. The first-order chi connectivity index (χ1) is 12.6. The molecule has 0 amide bonds. The number of rotatable bonds is 7. The molecule has 0 saturated heterocycles. The number of nitrogens with zero attached hydrogens (tertiary/aromatic N) is 2. The molecule has 0 aliphatic rings. The maximum atomic E-state index is 13.3. The van der Waals surface area contributed by atoms with Crippen LogP contribution in [-0.4, -0.2) is 34.3 Å². The number of hydrogen-bond acceptors (Lipinski definition) is 5. The predicted molar refractivity (Wildman–Crippen MR) is 102 cm³/mol. The molecule has 3 aromatic rings. The highest BCUT2D eigenvalue weighted by molar-refractivity contribution is 7.17. The minimum atomic E-state index is -1.04. The van der Waals surface area contributed by atoms with Gasteiger partial charge in [-0.2, -0.15) is 0 Å². The van der Waals surface area contributed by atoms with Crippen LogP contribution >= 0.6 is 11.3 Å². The highest BCUT2D eigenvalue weighted by atomic mass is 32.1. The number of hydrogen-bond donors (Lipinski definition) is 1. The Labute approximate surface area is 154 Å². The Kier molecular flexibility index (Phi) is 5.49. The Morgan fingerprint density at radius 2 is 2.08 bits per heavy atom. The van der Waals surface area contributed by atoms with E-state index in [9.17, 15) is 14.7 Å². The predicted octanol–water partition coefficient (Wildman–Crippen LogP) is 3.35. The monoisotopic (exact) mass is 372 g/mol. The Morgan fingerprint density at radius 1 is 1.35 bits per heavy atom. The van der Waals surface area contributed by atoms with Crippen LogP contribution in [0, 0.1) is 0 Å². The summed E-state index contributed by atoms with van der Waals surface area (Å²) >= 11 is 1.39. The van der Waals surface area contributed by atoms with E-state index in [-0.39, 0.29) is 5.56 Å². The van der Waals surface area contributed by atoms with Gasteiger partial charge in [0, 0.05) is 24.5 Å². The molecule has 0 aliphatic heterocycles. The first-order valence-electron chi connectivity index (χ1n) is 8.38. The summed E-state index contributed by atoms with van der Waals surface area (Å²) < 4.78 is 6.42. The molecule has 1 aromatic carbocycles. The summed E-state index contributed by atoms with van der Waals surface area (Å²) in [6.07, 6.45) is 0.678. The molecule has 1 N–H and O–H groups in total. The molecule has 26 heavy (non-hydrogen) atoms. The number of thiophene rings is 1. The fraction of sp³-hybridized carbons (Fsp3) is 0.316. The van der Waals surface area contributed by atoms with Crippen LogP contribution in [0.2, 0.25) is 0 Å². The van der Waals surface area contributed by atoms with Crippen molar-refractivity contribution < 1.29 is 14.6 Å². The average molecular weight is 372 g/mol. The van der Waals surface area contributed by atoms with Gasteiger partial charge in [-0.25, -0.2) is 9.78 Å². The molecule has 3 rings (SSSR count). The van der Waals surface area contributed by atoms with Gasteiger partial charge in [-0.15, -0.1) is 11.3 Å². The van der Waals surface area contributed by atoms with Crippen LogP contribution in [0.5, 0.6) is 0 Å². The van der Waals surface area contributed by atoms with E-state index < -0.39 is 12.0 Å². The van der Waals surface area contributed by atoms with Crippen molar-refractivity contribution in [1.82, 2.24) is 9.55 Å². The van der Waals surface area contributed by atoms with E-state index in [1.165, 1.54) is 15.9 Å². The van der Waals surface area contributed by atoms with Crippen LogP contribution in [0.4, 0.5) is 0 Å². The Morgan fingerprint density at radius 3 is 2.69 bits per heavy atom. The second kappa shape index (κ2) is 7.80. The number of methoxy groups -OCH3 is 1. The maximum Gasteiger partial charge on any atom is 0.326 e. The lowest BCUT2D eigenvalue weighted by molar-refractivity contribution is -0.141. The molecule has 136 valence electrons. The molecule has 2 heterocycles. The fourth-order valence-corrected chi connectivity index (χ4v) is 3.99. The number of benzene rings is 1. The van der Waals surface area contributed by atoms with Crippen molar-refractivity contribution >= 4 is 27.5 Å². The largest absolute Gasteiger partial charge is 0.480 e. The molecular formula is C19H20N2O4S. The van der Waals surface area contributed by atoms with E-state index in [2.05, 4.69) is 4.98 Å². The molecule has 0 spiro atoms. The lowest BCUT2D eigenvalue weighted by atomic mass is 10.1. The van der Waals surface area contributed by atoms with Gasteiger partial charge >= 0.3 is 5.97 Å². The average Bonchev–Trinajstić information content (AvgIpc) is 3.07. The van der Waals surface area contributed by atoms with Crippen LogP contribution in [0.25, 0.3) is 21.3 Å². The number of aliphatic carboxylic acids is 1. The summed E-state index contributed by atoms with van der Waals surface area (Å²) in [5.74, 6) is -0.592. The fourth-order valence-electron chi connectivity index (χ4n) is 3.03. The molecule has 2 aromatic heterocycles. The summed E-state index contributed by atoms with van der Waals surface area (Å²) in [7, 11) is 1.56. The van der Waals surface area contributed by atoms with E-state index in [1.807, 2.05) is 35.7 Å². The standard InChI is InChI=1S/C19H20N2O4S/c1-3-14(19(23)24)21-15(9-10-25-2)20-17-16(18(21)22)13(11-26-17)12-7-5-4-6-8-12/h4-8,11,14H,3,9-10H2,1-2H3,(H,23,24). The molecular weight excluding hydrogens is 352 g/mol. The van der Waals surface area contributed by atoms with Gasteiger partial charge in [-0.3, -0.25) is 9.36 Å². The van der Waals surface area contributed by atoms with Crippen molar-refractivity contribution in [3.8, 4) is 11.1 Å². The summed E-state index contributed by atoms with van der Waals surface area (Å²) in [6, 6.07) is 8.63. The lowest BCUT2D eigenvalue weighted by Gasteiger charge is -2.18. The van der Waals surface area contributed by atoms with Crippen molar-refractivity contribution in [3.63, 3.8) is 0 Å². The number of carboxylic acids is 1. The minimum Gasteiger partial charge on any atom is -0.480 e. The van der Waals surface area contributed by atoms with Gasteiger partial charge in [-0.1, -0.05) is 37.3 Å². The first kappa shape index (κ1) is 18.3. The summed E-state index contributed by atoms with van der Waals surface area (Å²) in [4.78, 5) is 30.3. The smallest absolute Gasteiger partial charge is 0.326 e. The SMILES string of the molecule is CCC(C(=O)O)n1c(CCOC)nc2scc(-c3ccccc3)c2c1=O. The highest BCUT2D eigenvalue weighted by Crippen LogP contribution is 2.31. The number of carbonyl (C=O) groups is 1. The topological polar surface area (TPSA) is 81.4 Å². The zero-order valence-electron chi connectivity index (χ0n) is 14.6. The summed E-state index contributed by atoms with van der Waals surface area (Å²) in [5.41, 5.74) is 1.39. The van der Waals surface area contributed by atoms with E-state index >= 15 is 0 Å². The molecule has 7 heteroatoms. The molecule has 1 atom stereocenters. The second-order valence-electron chi connectivity index (χ2n) is 5.90. The van der Waals surface area contributed by atoms with Gasteiger partial charge in [-0.05, 0) is 12.0 Å². The number of fused-ring (bicyclic) bond motifs is 1. The first-order valence-corrected chi connectivity index (χ1v) is 9.26. The third-order valence-corrected chi connectivity index (χ3v) is 5.18. The van der Waals surface area contributed by atoms with Crippen molar-refractivity contribution in [2.45, 2.75) is 25.8 Å². The van der Waals surface area contributed by atoms with E-state index in [1.54, 1.807) is 14.0 Å². The van der Waals surface area contributed by atoms with E-state index in [4.69, 9.17) is 4.74 Å². The van der Waals surface area contributed by atoms with E-state index in [0.29, 0.717) is 35.5 Å². The van der Waals surface area contributed by atoms with Gasteiger partial charge in [0.25, 0.3) is 5.56 Å². The molecule has 0 fully saturated rings. The van der Waals surface area contributed by atoms with Crippen LogP contribution < -0.4 is 5.56 Å². The Hall–Kier alpha value is -2.51. The molecule has 0 bridgehead atoms. The second-order valence-corrected chi connectivity index (χ2v) is 6.76. The summed E-state index contributed by atoms with van der Waals surface area (Å²) in [6.45, 7) is 2.12. The molecule has 1 unspecified atom stereocenters. The normalized spacial score (nSPS) is 12.4. The van der Waals surface area contributed by atoms with Crippen molar-refractivity contribution in [1.29, 1.82) is 0 Å². The van der Waals surface area contributed by atoms with Crippen molar-refractivity contribution in [3.05, 3.63) is 51.9 Å². The molecule has 0 aliphatic carbocycles. The lowest BCUT2D eigenvalue weighted by Crippen LogP contribution is -2.33. The zero-order valence-corrected chi connectivity index (χ0v) is 15.5. The van der Waals surface area contributed by atoms with Gasteiger partial charge < -0.3 is 9.84 Å². The van der Waals surface area contributed by atoms with Crippen LogP contribution in [0.15, 0.2) is 40.5 Å². The van der Waals surface area contributed by atoms with E-state index in [0.717, 1.165) is 11.1 Å². The van der Waals surface area contributed by atoms with Crippen LogP contribution in [0.3, 0.4) is 0 Å². The van der Waals surface area contributed by atoms with Crippen LogP contribution in [0.1, 0.15) is 25.2 Å². The van der Waals surface area contributed by atoms with Gasteiger partial charge in [0.1, 0.15) is 16.7 Å². The third kappa shape index (κ3) is 3.27. The zero-order chi connectivity index (χ0) is 18.7. The van der Waals surface area contributed by atoms with Crippen molar-refractivity contribution in [2.75, 3.05) is 13.7 Å². The maximum absolute atomic E-state index is 13.3. The highest BCUT2D eigenvalue weighted by Gasteiger charge is 2.25. The minimum absolute atomic E-state index is 0.299. The third-order valence-electron chi connectivity index (χ3n) is 4.31. The Bertz CT molecular complexity index is 978. The quantitative estimate of drug-likeness (QED) is 0.688. The van der Waals surface area contributed by atoms with Gasteiger partial charge in [0.2, 0.25) is 0 Å².